The van der Waals surface area contributed by atoms with Gasteiger partial charge in [0.2, 0.25) is 15.9 Å². The number of amides is 1. The van der Waals surface area contributed by atoms with Gasteiger partial charge in [0.05, 0.1) is 12.2 Å². The van der Waals surface area contributed by atoms with E-state index in [-0.39, 0.29) is 24.2 Å². The van der Waals surface area contributed by atoms with Crippen LogP contribution in [0.4, 0.5) is 0 Å². The maximum Gasteiger partial charge on any atom is 0.227 e. The lowest BCUT2D eigenvalue weighted by Gasteiger charge is -2.42. The van der Waals surface area contributed by atoms with Crippen LogP contribution in [0.15, 0.2) is 0 Å². The fourth-order valence-corrected chi connectivity index (χ4v) is 4.05. The lowest BCUT2D eigenvalue weighted by atomic mass is 9.74. The molecule has 1 aliphatic heterocycles. The molecule has 2 fully saturated rings. The van der Waals surface area contributed by atoms with Crippen molar-refractivity contribution in [2.75, 3.05) is 32.4 Å². The molecular formula is C13H26ClN3O3S. The van der Waals surface area contributed by atoms with Crippen LogP contribution < -0.4 is 5.73 Å². The highest BCUT2D eigenvalue weighted by molar-refractivity contribution is 7.88. The normalized spacial score (nSPS) is 31.6. The molecule has 1 saturated heterocycles. The predicted molar refractivity (Wildman–Crippen MR) is 84.8 cm³/mol. The zero-order chi connectivity index (χ0) is 15.0. The van der Waals surface area contributed by atoms with E-state index in [0.717, 1.165) is 25.7 Å². The number of piperazine rings is 1. The first-order valence-electron chi connectivity index (χ1n) is 7.24. The van der Waals surface area contributed by atoms with Crippen LogP contribution >= 0.6 is 12.4 Å². The monoisotopic (exact) mass is 339 g/mol. The Hall–Kier alpha value is -0.370. The Labute approximate surface area is 133 Å². The van der Waals surface area contributed by atoms with Gasteiger partial charge in [0, 0.05) is 31.7 Å². The van der Waals surface area contributed by atoms with Gasteiger partial charge in [0.1, 0.15) is 0 Å². The van der Waals surface area contributed by atoms with Crippen LogP contribution in [-0.2, 0) is 14.8 Å². The maximum atomic E-state index is 12.6. The summed E-state index contributed by atoms with van der Waals surface area (Å²) in [6.45, 7) is 3.68. The Morgan fingerprint density at radius 2 is 1.76 bits per heavy atom. The molecule has 8 heteroatoms. The number of carbonyl (C=O) groups excluding carboxylic acids is 1. The third-order valence-electron chi connectivity index (χ3n) is 4.57. The molecule has 1 heterocycles. The quantitative estimate of drug-likeness (QED) is 0.790. The summed E-state index contributed by atoms with van der Waals surface area (Å²) in [5.41, 5.74) is 5.85. The Morgan fingerprint density at radius 1 is 1.19 bits per heavy atom. The van der Waals surface area contributed by atoms with Crippen LogP contribution in [0.5, 0.6) is 0 Å². The first kappa shape index (κ1) is 18.7. The number of hydrogen-bond donors (Lipinski definition) is 1. The minimum atomic E-state index is -3.15. The van der Waals surface area contributed by atoms with Gasteiger partial charge in [-0.3, -0.25) is 4.79 Å². The van der Waals surface area contributed by atoms with Crippen molar-refractivity contribution < 1.29 is 13.2 Å². The molecule has 21 heavy (non-hydrogen) atoms. The highest BCUT2D eigenvalue weighted by Crippen LogP contribution is 2.33. The van der Waals surface area contributed by atoms with Gasteiger partial charge in [-0.25, -0.2) is 8.42 Å². The van der Waals surface area contributed by atoms with Gasteiger partial charge < -0.3 is 10.6 Å². The van der Waals surface area contributed by atoms with E-state index in [0.29, 0.717) is 26.2 Å². The molecule has 2 unspecified atom stereocenters. The summed E-state index contributed by atoms with van der Waals surface area (Å²) in [5.74, 6) is -0.0242. The zero-order valence-electron chi connectivity index (χ0n) is 12.7. The number of carbonyl (C=O) groups is 1. The van der Waals surface area contributed by atoms with E-state index >= 15 is 0 Å². The number of rotatable bonds is 2. The SMILES string of the molecule is CC1(N)CCCCC1C(=O)N1CCN(S(C)(=O)=O)CC1.Cl. The highest BCUT2D eigenvalue weighted by Gasteiger charge is 2.40. The standard InChI is InChI=1S/C13H25N3O3S.ClH/c1-13(14)6-4-3-5-11(13)12(17)15-7-9-16(10-8-15)20(2,18)19;/h11H,3-10,14H2,1-2H3;1H. The number of nitrogens with zero attached hydrogens (tertiary/aromatic N) is 2. The third-order valence-corrected chi connectivity index (χ3v) is 5.87. The molecule has 0 spiro atoms. The summed E-state index contributed by atoms with van der Waals surface area (Å²) in [6.07, 6.45) is 5.07. The van der Waals surface area contributed by atoms with Crippen LogP contribution in [0.25, 0.3) is 0 Å². The molecule has 2 N–H and O–H groups in total. The second-order valence-corrected chi connectivity index (χ2v) is 8.27. The number of nitrogens with two attached hydrogens (primary N) is 1. The fraction of sp³-hybridized carbons (Fsp3) is 0.923. The van der Waals surface area contributed by atoms with E-state index in [2.05, 4.69) is 0 Å². The van der Waals surface area contributed by atoms with E-state index in [4.69, 9.17) is 5.73 Å². The van der Waals surface area contributed by atoms with Crippen molar-refractivity contribution >= 4 is 28.3 Å². The molecule has 0 aromatic carbocycles. The Bertz CT molecular complexity index is 473. The van der Waals surface area contributed by atoms with Gasteiger partial charge in [-0.05, 0) is 19.8 Å². The van der Waals surface area contributed by atoms with Crippen molar-refractivity contribution in [3.05, 3.63) is 0 Å². The van der Waals surface area contributed by atoms with Crippen molar-refractivity contribution in [2.45, 2.75) is 38.1 Å². The lowest BCUT2D eigenvalue weighted by Crippen LogP contribution is -2.57. The second-order valence-electron chi connectivity index (χ2n) is 6.29. The molecule has 1 saturated carbocycles. The molecule has 0 aromatic heterocycles. The van der Waals surface area contributed by atoms with Crippen molar-refractivity contribution in [2.24, 2.45) is 11.7 Å². The first-order valence-corrected chi connectivity index (χ1v) is 9.09. The molecule has 0 aromatic rings. The summed E-state index contributed by atoms with van der Waals surface area (Å²) < 4.78 is 24.4. The number of halogens is 1. The summed E-state index contributed by atoms with van der Waals surface area (Å²) in [7, 11) is -3.15. The van der Waals surface area contributed by atoms with Gasteiger partial charge in [-0.1, -0.05) is 12.8 Å². The average Bonchev–Trinajstić information content (AvgIpc) is 2.36. The minimum Gasteiger partial charge on any atom is -0.340 e. The molecule has 0 radical (unpaired) electrons. The van der Waals surface area contributed by atoms with Crippen LogP contribution in [0.3, 0.4) is 0 Å². The van der Waals surface area contributed by atoms with Gasteiger partial charge in [-0.2, -0.15) is 4.31 Å². The molecule has 124 valence electrons. The molecular weight excluding hydrogens is 314 g/mol. The van der Waals surface area contributed by atoms with Crippen LogP contribution in [0.2, 0.25) is 0 Å². The summed E-state index contributed by atoms with van der Waals surface area (Å²) in [4.78, 5) is 14.4. The van der Waals surface area contributed by atoms with Gasteiger partial charge in [0.25, 0.3) is 0 Å². The third kappa shape index (κ3) is 4.31. The van der Waals surface area contributed by atoms with Crippen molar-refractivity contribution in [1.29, 1.82) is 0 Å². The topological polar surface area (TPSA) is 83.7 Å². The number of sulfonamides is 1. The van der Waals surface area contributed by atoms with Gasteiger partial charge in [-0.15, -0.1) is 12.4 Å². The van der Waals surface area contributed by atoms with Crippen LogP contribution in [-0.4, -0.2) is 61.5 Å². The smallest absolute Gasteiger partial charge is 0.227 e. The van der Waals surface area contributed by atoms with E-state index in [1.54, 1.807) is 4.90 Å². The van der Waals surface area contributed by atoms with E-state index in [1.165, 1.54) is 10.6 Å². The fourth-order valence-electron chi connectivity index (χ4n) is 3.22. The average molecular weight is 340 g/mol. The predicted octanol–water partition coefficient (Wildman–Crippen LogP) is 0.420. The maximum absolute atomic E-state index is 12.6. The minimum absolute atomic E-state index is 0. The number of hydrogen-bond acceptors (Lipinski definition) is 4. The van der Waals surface area contributed by atoms with E-state index in [9.17, 15) is 13.2 Å². The largest absolute Gasteiger partial charge is 0.340 e. The molecule has 2 atom stereocenters. The summed E-state index contributed by atoms with van der Waals surface area (Å²) in [6, 6.07) is 0. The van der Waals surface area contributed by atoms with E-state index in [1.807, 2.05) is 6.92 Å². The zero-order valence-corrected chi connectivity index (χ0v) is 14.4. The molecule has 0 bridgehead atoms. The van der Waals surface area contributed by atoms with Gasteiger partial charge in [0.15, 0.2) is 0 Å². The summed E-state index contributed by atoms with van der Waals surface area (Å²) in [5, 5.41) is 0. The second kappa shape index (κ2) is 6.81. The Morgan fingerprint density at radius 3 is 2.24 bits per heavy atom. The molecule has 6 nitrogen and oxygen atoms in total. The molecule has 1 amide bonds. The van der Waals surface area contributed by atoms with Crippen LogP contribution in [0, 0.1) is 5.92 Å². The van der Waals surface area contributed by atoms with Crippen molar-refractivity contribution in [3.63, 3.8) is 0 Å². The first-order chi connectivity index (χ1) is 9.22. The Balaban J connectivity index is 0.00000220. The van der Waals surface area contributed by atoms with Gasteiger partial charge >= 0.3 is 0 Å². The van der Waals surface area contributed by atoms with Crippen LogP contribution in [0.1, 0.15) is 32.6 Å². The van der Waals surface area contributed by atoms with Crippen molar-refractivity contribution in [1.82, 2.24) is 9.21 Å². The molecule has 1 aliphatic carbocycles. The Kier molecular flexibility index (Phi) is 6.06. The lowest BCUT2D eigenvalue weighted by molar-refractivity contribution is -0.140. The molecule has 2 rings (SSSR count). The van der Waals surface area contributed by atoms with E-state index < -0.39 is 15.6 Å². The highest BCUT2D eigenvalue weighted by atomic mass is 35.5. The van der Waals surface area contributed by atoms with Crippen molar-refractivity contribution in [3.8, 4) is 0 Å². The summed E-state index contributed by atoms with van der Waals surface area (Å²) >= 11 is 0. The molecule has 2 aliphatic rings.